The molecular weight excluding hydrogens is 200 g/mol. The van der Waals surface area contributed by atoms with Crippen LogP contribution in [0.5, 0.6) is 5.75 Å². The second kappa shape index (κ2) is 3.52. The van der Waals surface area contributed by atoms with Crippen LogP contribution in [0.3, 0.4) is 0 Å². The van der Waals surface area contributed by atoms with E-state index in [1.165, 1.54) is 23.0 Å². The van der Waals surface area contributed by atoms with E-state index < -0.39 is 0 Å². The van der Waals surface area contributed by atoms with Gasteiger partial charge in [-0.2, -0.15) is 0 Å². The first-order valence-electron chi connectivity index (χ1n) is 5.73. The molecule has 3 nitrogen and oxygen atoms in total. The maximum Gasteiger partial charge on any atom is 0.128 e. The van der Waals surface area contributed by atoms with Crippen LogP contribution in [0.15, 0.2) is 24.3 Å². The van der Waals surface area contributed by atoms with Crippen molar-refractivity contribution < 1.29 is 4.74 Å². The van der Waals surface area contributed by atoms with Crippen LogP contribution in [0, 0.1) is 0 Å². The summed E-state index contributed by atoms with van der Waals surface area (Å²) in [6.45, 7) is 0. The van der Waals surface area contributed by atoms with Crippen molar-refractivity contribution in [1.82, 2.24) is 4.57 Å². The van der Waals surface area contributed by atoms with E-state index in [0.717, 1.165) is 18.6 Å². The molecule has 0 bridgehead atoms. The predicted octanol–water partition coefficient (Wildman–Crippen LogP) is 2.44. The third-order valence-corrected chi connectivity index (χ3v) is 3.41. The number of hydrogen-bond donors (Lipinski definition) is 1. The minimum absolute atomic E-state index is 0.119. The summed E-state index contributed by atoms with van der Waals surface area (Å²) in [5.41, 5.74) is 8.70. The first-order valence-corrected chi connectivity index (χ1v) is 5.73. The van der Waals surface area contributed by atoms with Gasteiger partial charge in [0, 0.05) is 11.1 Å². The summed E-state index contributed by atoms with van der Waals surface area (Å²) in [7, 11) is 1.71. The number of aryl methyl sites for hydroxylation is 1. The largest absolute Gasteiger partial charge is 0.496 e. The molecule has 0 saturated carbocycles. The van der Waals surface area contributed by atoms with Crippen LogP contribution < -0.4 is 10.5 Å². The van der Waals surface area contributed by atoms with Gasteiger partial charge in [0.25, 0.3) is 0 Å². The van der Waals surface area contributed by atoms with Crippen molar-refractivity contribution >= 4 is 10.9 Å². The normalized spacial score (nSPS) is 19.8. The van der Waals surface area contributed by atoms with Crippen molar-refractivity contribution in [2.24, 2.45) is 5.73 Å². The topological polar surface area (TPSA) is 40.2 Å². The van der Waals surface area contributed by atoms with Crippen LogP contribution in [-0.4, -0.2) is 11.7 Å². The number of benzene rings is 1. The zero-order valence-electron chi connectivity index (χ0n) is 9.44. The van der Waals surface area contributed by atoms with Gasteiger partial charge in [-0.3, -0.25) is 0 Å². The summed E-state index contributed by atoms with van der Waals surface area (Å²) in [5, 5.41) is 1.18. The summed E-state index contributed by atoms with van der Waals surface area (Å²) in [4.78, 5) is 0. The lowest BCUT2D eigenvalue weighted by Gasteiger charge is -2.23. The summed E-state index contributed by atoms with van der Waals surface area (Å²) in [6.07, 6.45) is 3.48. The van der Waals surface area contributed by atoms with E-state index in [2.05, 4.69) is 16.7 Å². The van der Waals surface area contributed by atoms with Crippen molar-refractivity contribution in [1.29, 1.82) is 0 Å². The van der Waals surface area contributed by atoms with Crippen molar-refractivity contribution in [2.75, 3.05) is 7.11 Å². The number of hydrogen-bond acceptors (Lipinski definition) is 2. The zero-order chi connectivity index (χ0) is 11.1. The maximum atomic E-state index is 6.17. The molecule has 2 N–H and O–H groups in total. The Labute approximate surface area is 94.8 Å². The molecule has 1 aliphatic heterocycles. The highest BCUT2D eigenvalue weighted by Crippen LogP contribution is 2.34. The molecule has 2 aromatic rings. The molecule has 0 radical (unpaired) electrons. The SMILES string of the molecule is COc1cccc2c1cc1n2C(N)CCC1. The van der Waals surface area contributed by atoms with Gasteiger partial charge in [0.2, 0.25) is 0 Å². The average molecular weight is 216 g/mol. The minimum atomic E-state index is 0.119. The van der Waals surface area contributed by atoms with E-state index in [9.17, 15) is 0 Å². The van der Waals surface area contributed by atoms with Crippen LogP contribution >= 0.6 is 0 Å². The Balaban J connectivity index is 2.32. The highest BCUT2D eigenvalue weighted by atomic mass is 16.5. The van der Waals surface area contributed by atoms with Gasteiger partial charge < -0.3 is 15.0 Å². The van der Waals surface area contributed by atoms with Crippen LogP contribution in [0.2, 0.25) is 0 Å². The highest BCUT2D eigenvalue weighted by molar-refractivity contribution is 5.87. The molecule has 1 atom stereocenters. The second-order valence-electron chi connectivity index (χ2n) is 4.36. The Hall–Kier alpha value is -1.48. The number of nitrogens with zero attached hydrogens (tertiary/aromatic N) is 1. The summed E-state index contributed by atoms with van der Waals surface area (Å²) in [5.74, 6) is 0.937. The highest BCUT2D eigenvalue weighted by Gasteiger charge is 2.20. The Morgan fingerprint density at radius 2 is 2.31 bits per heavy atom. The molecule has 16 heavy (non-hydrogen) atoms. The van der Waals surface area contributed by atoms with Gasteiger partial charge in [-0.05, 0) is 37.5 Å². The molecular formula is C13H16N2O. The molecule has 0 aliphatic carbocycles. The fourth-order valence-electron chi connectivity index (χ4n) is 2.66. The molecule has 1 aromatic carbocycles. The fraction of sp³-hybridized carbons (Fsp3) is 0.385. The zero-order valence-corrected chi connectivity index (χ0v) is 9.44. The van der Waals surface area contributed by atoms with Gasteiger partial charge >= 0.3 is 0 Å². The molecule has 2 heterocycles. The molecule has 3 heteroatoms. The van der Waals surface area contributed by atoms with Gasteiger partial charge in [-0.25, -0.2) is 0 Å². The molecule has 0 saturated heterocycles. The first-order chi connectivity index (χ1) is 7.81. The number of methoxy groups -OCH3 is 1. The third kappa shape index (κ3) is 1.25. The van der Waals surface area contributed by atoms with Crippen molar-refractivity contribution in [3.8, 4) is 5.75 Å². The van der Waals surface area contributed by atoms with Crippen molar-refractivity contribution in [3.05, 3.63) is 30.0 Å². The number of rotatable bonds is 1. The molecule has 1 unspecified atom stereocenters. The average Bonchev–Trinajstić information content (AvgIpc) is 2.68. The van der Waals surface area contributed by atoms with E-state index in [0.29, 0.717) is 0 Å². The number of fused-ring (bicyclic) bond motifs is 3. The van der Waals surface area contributed by atoms with E-state index in [1.54, 1.807) is 7.11 Å². The molecule has 0 spiro atoms. The number of nitrogens with two attached hydrogens (primary N) is 1. The lowest BCUT2D eigenvalue weighted by molar-refractivity contribution is 0.419. The second-order valence-corrected chi connectivity index (χ2v) is 4.36. The minimum Gasteiger partial charge on any atom is -0.496 e. The van der Waals surface area contributed by atoms with Gasteiger partial charge in [-0.15, -0.1) is 0 Å². The van der Waals surface area contributed by atoms with E-state index >= 15 is 0 Å². The summed E-state index contributed by atoms with van der Waals surface area (Å²) in [6, 6.07) is 8.36. The Kier molecular flexibility index (Phi) is 2.14. The molecule has 3 rings (SSSR count). The van der Waals surface area contributed by atoms with Gasteiger partial charge in [0.1, 0.15) is 5.75 Å². The van der Waals surface area contributed by atoms with Gasteiger partial charge in [0.05, 0.1) is 18.8 Å². The van der Waals surface area contributed by atoms with Gasteiger partial charge in [0.15, 0.2) is 0 Å². The fourth-order valence-corrected chi connectivity index (χ4v) is 2.66. The standard InChI is InChI=1S/C13H16N2O/c1-16-12-6-3-5-11-10(12)8-9-4-2-7-13(14)15(9)11/h3,5-6,8,13H,2,4,7,14H2,1H3. The summed E-state index contributed by atoms with van der Waals surface area (Å²) >= 11 is 0. The molecule has 0 amide bonds. The lowest BCUT2D eigenvalue weighted by atomic mass is 10.1. The third-order valence-electron chi connectivity index (χ3n) is 3.41. The van der Waals surface area contributed by atoms with E-state index in [4.69, 9.17) is 10.5 Å². The lowest BCUT2D eigenvalue weighted by Crippen LogP contribution is -2.24. The van der Waals surface area contributed by atoms with Gasteiger partial charge in [-0.1, -0.05) is 6.07 Å². The smallest absolute Gasteiger partial charge is 0.128 e. The predicted molar refractivity (Wildman–Crippen MR) is 64.7 cm³/mol. The summed E-state index contributed by atoms with van der Waals surface area (Å²) < 4.78 is 7.64. The molecule has 1 aromatic heterocycles. The quantitative estimate of drug-likeness (QED) is 0.795. The number of ether oxygens (including phenoxy) is 1. The Morgan fingerprint density at radius 3 is 3.12 bits per heavy atom. The van der Waals surface area contributed by atoms with Crippen LogP contribution in [-0.2, 0) is 6.42 Å². The van der Waals surface area contributed by atoms with Crippen LogP contribution in [0.25, 0.3) is 10.9 Å². The molecule has 84 valence electrons. The van der Waals surface area contributed by atoms with E-state index in [-0.39, 0.29) is 6.17 Å². The Bertz CT molecular complexity index is 530. The monoisotopic (exact) mass is 216 g/mol. The van der Waals surface area contributed by atoms with Crippen LogP contribution in [0.4, 0.5) is 0 Å². The number of aromatic nitrogens is 1. The van der Waals surface area contributed by atoms with Crippen molar-refractivity contribution in [3.63, 3.8) is 0 Å². The molecule has 1 aliphatic rings. The maximum absolute atomic E-state index is 6.17. The Morgan fingerprint density at radius 1 is 1.44 bits per heavy atom. The van der Waals surface area contributed by atoms with Crippen LogP contribution in [0.1, 0.15) is 24.7 Å². The van der Waals surface area contributed by atoms with E-state index in [1.807, 2.05) is 12.1 Å². The van der Waals surface area contributed by atoms with Crippen molar-refractivity contribution in [2.45, 2.75) is 25.4 Å². The molecule has 0 fully saturated rings. The first kappa shape index (κ1) is 9.73.